The number of nitrogens with zero attached hydrogens (tertiary/aromatic N) is 1. The van der Waals surface area contributed by atoms with Gasteiger partial charge in [-0.2, -0.15) is 0 Å². The third kappa shape index (κ3) is 2.09. The molecule has 0 saturated carbocycles. The second-order valence-electron chi connectivity index (χ2n) is 3.31. The number of amides is 1. The smallest absolute Gasteiger partial charge is 0.257 e. The van der Waals surface area contributed by atoms with Gasteiger partial charge in [0.05, 0.1) is 5.56 Å². The van der Waals surface area contributed by atoms with Gasteiger partial charge in [-0.3, -0.25) is 4.79 Å². The maximum Gasteiger partial charge on any atom is 0.257 e. The van der Waals surface area contributed by atoms with Crippen LogP contribution in [0.2, 0.25) is 0 Å². The first-order chi connectivity index (χ1) is 7.18. The van der Waals surface area contributed by atoms with Crippen molar-refractivity contribution in [2.75, 3.05) is 13.1 Å². The van der Waals surface area contributed by atoms with Gasteiger partial charge in [0, 0.05) is 17.6 Å². The fourth-order valence-corrected chi connectivity index (χ4v) is 1.81. The average molecular weight is 270 g/mol. The number of benzene rings is 1. The van der Waals surface area contributed by atoms with Crippen molar-refractivity contribution in [1.82, 2.24) is 4.90 Å². The van der Waals surface area contributed by atoms with Gasteiger partial charge in [0.15, 0.2) is 0 Å². The topological polar surface area (TPSA) is 20.3 Å². The molecule has 15 heavy (non-hydrogen) atoms. The molecular formula is C11H9BrFNO. The van der Waals surface area contributed by atoms with E-state index in [1.54, 1.807) is 11.0 Å². The van der Waals surface area contributed by atoms with Crippen LogP contribution in [0.4, 0.5) is 4.39 Å². The van der Waals surface area contributed by atoms with E-state index in [-0.39, 0.29) is 11.5 Å². The summed E-state index contributed by atoms with van der Waals surface area (Å²) in [6, 6.07) is 4.47. The molecule has 0 aliphatic carbocycles. The molecule has 0 N–H and O–H groups in total. The molecule has 0 bridgehead atoms. The standard InChI is InChI=1S/C11H9BrFNO/c12-8-3-4-9(10(13)7-8)11(15)14-5-1-2-6-14/h1-4,7H,5-6H2. The van der Waals surface area contributed by atoms with Crippen molar-refractivity contribution in [2.24, 2.45) is 0 Å². The minimum atomic E-state index is -0.485. The Hall–Kier alpha value is -1.16. The highest BCUT2D eigenvalue weighted by Crippen LogP contribution is 2.17. The molecule has 2 nitrogen and oxygen atoms in total. The molecule has 0 saturated heterocycles. The third-order valence-electron chi connectivity index (χ3n) is 2.27. The molecule has 0 fully saturated rings. The molecule has 1 heterocycles. The van der Waals surface area contributed by atoms with E-state index in [1.807, 2.05) is 12.2 Å². The van der Waals surface area contributed by atoms with E-state index in [0.717, 1.165) is 0 Å². The Morgan fingerprint density at radius 3 is 2.60 bits per heavy atom. The zero-order chi connectivity index (χ0) is 10.8. The minimum absolute atomic E-state index is 0.127. The summed E-state index contributed by atoms with van der Waals surface area (Å²) < 4.78 is 14.1. The number of carbonyl (C=O) groups is 1. The van der Waals surface area contributed by atoms with Gasteiger partial charge in [-0.25, -0.2) is 4.39 Å². The van der Waals surface area contributed by atoms with Crippen molar-refractivity contribution in [3.8, 4) is 0 Å². The zero-order valence-electron chi connectivity index (χ0n) is 7.91. The number of halogens is 2. The molecule has 0 radical (unpaired) electrons. The molecule has 0 atom stereocenters. The quantitative estimate of drug-likeness (QED) is 0.718. The highest BCUT2D eigenvalue weighted by atomic mass is 79.9. The van der Waals surface area contributed by atoms with Crippen LogP contribution in [0.1, 0.15) is 10.4 Å². The molecule has 2 rings (SSSR count). The van der Waals surface area contributed by atoms with E-state index in [2.05, 4.69) is 15.9 Å². The molecule has 78 valence electrons. The Labute approximate surface area is 95.5 Å². The van der Waals surface area contributed by atoms with Crippen LogP contribution in [0.5, 0.6) is 0 Å². The maximum atomic E-state index is 13.5. The number of carbonyl (C=O) groups excluding carboxylic acids is 1. The Balaban J connectivity index is 2.25. The lowest BCUT2D eigenvalue weighted by Crippen LogP contribution is -2.28. The first kappa shape index (κ1) is 10.4. The second-order valence-corrected chi connectivity index (χ2v) is 4.22. The Bertz CT molecular complexity index is 423. The minimum Gasteiger partial charge on any atom is -0.331 e. The Morgan fingerprint density at radius 2 is 2.00 bits per heavy atom. The second kappa shape index (κ2) is 4.14. The van der Waals surface area contributed by atoms with Crippen LogP contribution < -0.4 is 0 Å². The number of rotatable bonds is 1. The monoisotopic (exact) mass is 269 g/mol. The van der Waals surface area contributed by atoms with Crippen LogP contribution in [-0.2, 0) is 0 Å². The predicted molar refractivity (Wildman–Crippen MR) is 59.1 cm³/mol. The van der Waals surface area contributed by atoms with Crippen molar-refractivity contribution in [3.63, 3.8) is 0 Å². The summed E-state index contributed by atoms with van der Waals surface area (Å²) in [5.41, 5.74) is 0.127. The van der Waals surface area contributed by atoms with Crippen LogP contribution in [0, 0.1) is 5.82 Å². The SMILES string of the molecule is O=C(c1ccc(Br)cc1F)N1CC=CC1. The predicted octanol–water partition coefficient (Wildman–Crippen LogP) is 2.60. The molecule has 0 unspecified atom stereocenters. The number of hydrogen-bond acceptors (Lipinski definition) is 1. The summed E-state index contributed by atoms with van der Waals surface area (Å²) in [6.45, 7) is 1.13. The summed E-state index contributed by atoms with van der Waals surface area (Å²) in [5, 5.41) is 0. The van der Waals surface area contributed by atoms with Crippen LogP contribution in [0.25, 0.3) is 0 Å². The summed E-state index contributed by atoms with van der Waals surface area (Å²) in [5.74, 6) is -0.744. The highest BCUT2D eigenvalue weighted by molar-refractivity contribution is 9.10. The van der Waals surface area contributed by atoms with Gasteiger partial charge in [-0.05, 0) is 18.2 Å². The normalized spacial score (nSPS) is 14.7. The molecule has 1 aromatic rings. The molecule has 1 amide bonds. The molecule has 0 aromatic heterocycles. The summed E-state index contributed by atoms with van der Waals surface area (Å²) in [7, 11) is 0. The van der Waals surface area contributed by atoms with Crippen molar-refractivity contribution in [2.45, 2.75) is 0 Å². The van der Waals surface area contributed by atoms with Gasteiger partial charge in [0.2, 0.25) is 0 Å². The summed E-state index contributed by atoms with van der Waals surface area (Å²) in [4.78, 5) is 13.4. The molecule has 1 aromatic carbocycles. The van der Waals surface area contributed by atoms with Crippen molar-refractivity contribution in [1.29, 1.82) is 0 Å². The largest absolute Gasteiger partial charge is 0.331 e. The van der Waals surface area contributed by atoms with Crippen LogP contribution in [0.3, 0.4) is 0 Å². The fourth-order valence-electron chi connectivity index (χ4n) is 1.48. The Kier molecular flexibility index (Phi) is 2.86. The lowest BCUT2D eigenvalue weighted by atomic mass is 10.2. The van der Waals surface area contributed by atoms with E-state index in [0.29, 0.717) is 17.6 Å². The first-order valence-electron chi connectivity index (χ1n) is 4.58. The summed E-state index contributed by atoms with van der Waals surface area (Å²) >= 11 is 3.15. The van der Waals surface area contributed by atoms with Crippen LogP contribution in [0.15, 0.2) is 34.8 Å². The molecule has 4 heteroatoms. The summed E-state index contributed by atoms with van der Waals surface area (Å²) in [6.07, 6.45) is 3.79. The number of hydrogen-bond donors (Lipinski definition) is 0. The fraction of sp³-hybridized carbons (Fsp3) is 0.182. The van der Waals surface area contributed by atoms with Crippen molar-refractivity contribution >= 4 is 21.8 Å². The van der Waals surface area contributed by atoms with Gasteiger partial charge >= 0.3 is 0 Å². The van der Waals surface area contributed by atoms with E-state index in [4.69, 9.17) is 0 Å². The zero-order valence-corrected chi connectivity index (χ0v) is 9.50. The molecule has 1 aliphatic heterocycles. The third-order valence-corrected chi connectivity index (χ3v) is 2.76. The lowest BCUT2D eigenvalue weighted by Gasteiger charge is -2.15. The maximum absolute atomic E-state index is 13.5. The lowest BCUT2D eigenvalue weighted by molar-refractivity contribution is 0.0795. The molecular weight excluding hydrogens is 261 g/mol. The van der Waals surface area contributed by atoms with E-state index in [9.17, 15) is 9.18 Å². The molecule has 0 spiro atoms. The van der Waals surface area contributed by atoms with Gasteiger partial charge in [0.1, 0.15) is 5.82 Å². The van der Waals surface area contributed by atoms with E-state index in [1.165, 1.54) is 12.1 Å². The Morgan fingerprint density at radius 1 is 1.33 bits per heavy atom. The van der Waals surface area contributed by atoms with E-state index >= 15 is 0 Å². The first-order valence-corrected chi connectivity index (χ1v) is 5.37. The van der Waals surface area contributed by atoms with Gasteiger partial charge < -0.3 is 4.90 Å². The van der Waals surface area contributed by atoms with Gasteiger partial charge in [-0.1, -0.05) is 28.1 Å². The van der Waals surface area contributed by atoms with Gasteiger partial charge in [-0.15, -0.1) is 0 Å². The average Bonchev–Trinajstić information content (AvgIpc) is 2.69. The van der Waals surface area contributed by atoms with Gasteiger partial charge in [0.25, 0.3) is 5.91 Å². The highest BCUT2D eigenvalue weighted by Gasteiger charge is 2.19. The van der Waals surface area contributed by atoms with Crippen LogP contribution >= 0.6 is 15.9 Å². The van der Waals surface area contributed by atoms with Crippen molar-refractivity contribution in [3.05, 3.63) is 46.2 Å². The molecule has 1 aliphatic rings. The van der Waals surface area contributed by atoms with Crippen molar-refractivity contribution < 1.29 is 9.18 Å². The van der Waals surface area contributed by atoms with E-state index < -0.39 is 5.82 Å². The van der Waals surface area contributed by atoms with Crippen LogP contribution in [-0.4, -0.2) is 23.9 Å².